The normalized spacial score (nSPS) is 11.2. The summed E-state index contributed by atoms with van der Waals surface area (Å²) in [5.41, 5.74) is 3.53. The van der Waals surface area contributed by atoms with E-state index in [2.05, 4.69) is 15.6 Å². The number of aliphatic hydroxyl groups is 1. The van der Waals surface area contributed by atoms with Gasteiger partial charge in [-0.2, -0.15) is 8.42 Å². The first-order valence-corrected chi connectivity index (χ1v) is 12.3. The quantitative estimate of drug-likeness (QED) is 0.255. The predicted molar refractivity (Wildman–Crippen MR) is 133 cm³/mol. The third-order valence-electron chi connectivity index (χ3n) is 5.07. The highest BCUT2D eigenvalue weighted by molar-refractivity contribution is 7.73. The molecular formula is C23H22F2N4O5S2. The van der Waals surface area contributed by atoms with Crippen LogP contribution in [-0.2, 0) is 20.7 Å². The Morgan fingerprint density at radius 3 is 2.33 bits per heavy atom. The molecular weight excluding hydrogens is 514 g/mol. The van der Waals surface area contributed by atoms with Crippen LogP contribution < -0.4 is 16.4 Å². The summed E-state index contributed by atoms with van der Waals surface area (Å²) in [6.45, 7) is 2.78. The highest BCUT2D eigenvalue weighted by Gasteiger charge is 2.24. The van der Waals surface area contributed by atoms with Crippen LogP contribution in [0.25, 0.3) is 10.4 Å². The fourth-order valence-electron chi connectivity index (χ4n) is 3.20. The number of nitrogens with two attached hydrogens (primary N) is 1. The van der Waals surface area contributed by atoms with E-state index in [9.17, 15) is 31.9 Å². The van der Waals surface area contributed by atoms with E-state index >= 15 is 0 Å². The molecule has 36 heavy (non-hydrogen) atoms. The molecule has 5 N–H and O–H groups in total. The van der Waals surface area contributed by atoms with E-state index in [1.807, 2.05) is 0 Å². The number of nitrogens with one attached hydrogen (secondary N) is 2. The van der Waals surface area contributed by atoms with Crippen molar-refractivity contribution in [1.29, 1.82) is 0 Å². The van der Waals surface area contributed by atoms with Crippen LogP contribution in [0.2, 0.25) is 0 Å². The van der Waals surface area contributed by atoms with Gasteiger partial charge in [-0.05, 0) is 49.7 Å². The van der Waals surface area contributed by atoms with Crippen molar-refractivity contribution in [2.45, 2.75) is 25.9 Å². The molecule has 3 aromatic rings. The molecule has 3 rings (SSSR count). The van der Waals surface area contributed by atoms with E-state index in [1.165, 1.54) is 45.2 Å². The number of anilines is 2. The molecule has 190 valence electrons. The van der Waals surface area contributed by atoms with Gasteiger partial charge in [-0.25, -0.2) is 13.8 Å². The number of carbonyl (C=O) groups is 2. The van der Waals surface area contributed by atoms with E-state index in [4.69, 9.17) is 5.73 Å². The molecule has 2 aromatic heterocycles. The molecule has 0 aliphatic rings. The largest absolute Gasteiger partial charge is 0.386 e. The lowest BCUT2D eigenvalue weighted by Gasteiger charge is -2.18. The first-order valence-electron chi connectivity index (χ1n) is 10.4. The average Bonchev–Trinajstić information content (AvgIpc) is 3.19. The van der Waals surface area contributed by atoms with Crippen molar-refractivity contribution in [2.24, 2.45) is 5.73 Å². The summed E-state index contributed by atoms with van der Waals surface area (Å²) in [4.78, 5) is 27.7. The van der Waals surface area contributed by atoms with E-state index in [-0.39, 0.29) is 37.4 Å². The first kappa shape index (κ1) is 26.9. The molecule has 0 aliphatic heterocycles. The number of hydrogen-bond acceptors (Lipinski definition) is 8. The number of aromatic nitrogens is 1. The minimum atomic E-state index is -2.73. The highest BCUT2D eigenvalue weighted by Crippen LogP contribution is 2.40. The van der Waals surface area contributed by atoms with Gasteiger partial charge in [0.05, 0.1) is 28.8 Å². The van der Waals surface area contributed by atoms with Crippen molar-refractivity contribution in [3.8, 4) is 10.4 Å². The topological polar surface area (TPSA) is 151 Å². The number of rotatable bonds is 8. The van der Waals surface area contributed by atoms with Crippen molar-refractivity contribution in [1.82, 2.24) is 10.3 Å². The van der Waals surface area contributed by atoms with Gasteiger partial charge in [0.15, 0.2) is 0 Å². The number of nitrogens with zero attached hydrogens (tertiary/aromatic N) is 1. The van der Waals surface area contributed by atoms with E-state index < -0.39 is 51.3 Å². The molecule has 1 aromatic carbocycles. The van der Waals surface area contributed by atoms with Gasteiger partial charge in [0.2, 0.25) is 16.2 Å². The van der Waals surface area contributed by atoms with Crippen LogP contribution in [0, 0.1) is 11.6 Å². The summed E-state index contributed by atoms with van der Waals surface area (Å²) < 4.78 is 53.0. The number of amides is 2. The average molecular weight is 537 g/mol. The van der Waals surface area contributed by atoms with Crippen molar-refractivity contribution >= 4 is 49.1 Å². The number of benzene rings is 1. The molecule has 0 aliphatic carbocycles. The van der Waals surface area contributed by atoms with Gasteiger partial charge in [0, 0.05) is 11.9 Å². The second-order valence-electron chi connectivity index (χ2n) is 8.13. The minimum Gasteiger partial charge on any atom is -0.386 e. The van der Waals surface area contributed by atoms with E-state index in [1.54, 1.807) is 0 Å². The maximum Gasteiger partial charge on any atom is 0.251 e. The molecule has 0 saturated heterocycles. The Kier molecular flexibility index (Phi) is 7.86. The van der Waals surface area contributed by atoms with Crippen molar-refractivity contribution in [2.75, 3.05) is 12.4 Å². The van der Waals surface area contributed by atoms with Crippen LogP contribution in [0.1, 0.15) is 41.9 Å². The van der Waals surface area contributed by atoms with E-state index in [0.29, 0.717) is 0 Å². The smallest absolute Gasteiger partial charge is 0.251 e. The number of primary amides is 1. The van der Waals surface area contributed by atoms with Gasteiger partial charge in [0.1, 0.15) is 27.3 Å². The Morgan fingerprint density at radius 2 is 1.81 bits per heavy atom. The lowest BCUT2D eigenvalue weighted by molar-refractivity contribution is -0.119. The monoisotopic (exact) mass is 536 g/mol. The predicted octanol–water partition coefficient (Wildman–Crippen LogP) is 2.69. The SMILES string of the molecule is CNC(=O)CC(c1cccc(Nc2sc(-c3c(F)cc(C(C)(C)O)cc3F)cc2C(N)=O)n1)=S(=O)=O. The molecule has 2 amide bonds. The summed E-state index contributed by atoms with van der Waals surface area (Å²) in [5.74, 6) is -3.20. The molecule has 0 saturated carbocycles. The lowest BCUT2D eigenvalue weighted by atomic mass is 9.96. The van der Waals surface area contributed by atoms with Crippen molar-refractivity contribution in [3.05, 3.63) is 64.9 Å². The Hall–Kier alpha value is -3.68. The third-order valence-corrected chi connectivity index (χ3v) is 6.89. The summed E-state index contributed by atoms with van der Waals surface area (Å²) in [6, 6.07) is 7.58. The van der Waals surface area contributed by atoms with Gasteiger partial charge in [-0.3, -0.25) is 9.59 Å². The second-order valence-corrected chi connectivity index (χ2v) is 10.1. The van der Waals surface area contributed by atoms with Crippen LogP contribution in [0.4, 0.5) is 19.6 Å². The summed E-state index contributed by atoms with van der Waals surface area (Å²) in [6.07, 6.45) is -0.433. The Balaban J connectivity index is 2.04. The van der Waals surface area contributed by atoms with Crippen LogP contribution in [0.3, 0.4) is 0 Å². The first-order chi connectivity index (χ1) is 16.8. The zero-order valence-electron chi connectivity index (χ0n) is 19.3. The number of halogens is 2. The summed E-state index contributed by atoms with van der Waals surface area (Å²) in [5, 5.41) is 15.3. The van der Waals surface area contributed by atoms with Gasteiger partial charge in [-0.15, -0.1) is 11.3 Å². The molecule has 2 heterocycles. The molecule has 0 unspecified atom stereocenters. The van der Waals surface area contributed by atoms with Crippen molar-refractivity contribution in [3.63, 3.8) is 0 Å². The van der Waals surface area contributed by atoms with Crippen LogP contribution in [0.15, 0.2) is 36.4 Å². The number of hydrogen-bond donors (Lipinski definition) is 4. The minimum absolute atomic E-state index is 0.00589. The second kappa shape index (κ2) is 10.5. The molecule has 0 spiro atoms. The van der Waals surface area contributed by atoms with Crippen molar-refractivity contribution < 1.29 is 31.9 Å². The number of thiophene rings is 1. The van der Waals surface area contributed by atoms with Crippen LogP contribution in [-0.4, -0.2) is 42.2 Å². The zero-order valence-corrected chi connectivity index (χ0v) is 21.0. The third kappa shape index (κ3) is 5.93. The Morgan fingerprint density at radius 1 is 1.17 bits per heavy atom. The van der Waals surface area contributed by atoms with Gasteiger partial charge in [-0.1, -0.05) is 6.07 Å². The fraction of sp³-hybridized carbons (Fsp3) is 0.217. The maximum atomic E-state index is 14.9. The Bertz CT molecular complexity index is 1460. The lowest BCUT2D eigenvalue weighted by Crippen LogP contribution is -2.22. The molecule has 9 nitrogen and oxygen atoms in total. The number of pyridine rings is 1. The fourth-order valence-corrected chi connectivity index (χ4v) is 4.85. The molecule has 0 radical (unpaired) electrons. The molecule has 13 heteroatoms. The van der Waals surface area contributed by atoms with Crippen LogP contribution >= 0.6 is 11.3 Å². The standard InChI is InChI=1S/C23H22F2N4O5S2/c1-23(2,32)11-7-13(24)20(14(25)8-11)16-9-12(21(26)31)22(35-16)29-18-6-4-5-15(28-18)17(36(33)34)10-19(30)27-3/h4-9,32H,10H2,1-3H3,(H2,26,31)(H,27,30)(H,28,29). The summed E-state index contributed by atoms with van der Waals surface area (Å²) in [7, 11) is -1.37. The van der Waals surface area contributed by atoms with E-state index in [0.717, 1.165) is 23.5 Å². The zero-order chi connectivity index (χ0) is 26.8. The van der Waals surface area contributed by atoms with Gasteiger partial charge in [0.25, 0.3) is 5.91 Å². The van der Waals surface area contributed by atoms with Crippen LogP contribution in [0.5, 0.6) is 0 Å². The van der Waals surface area contributed by atoms with Gasteiger partial charge >= 0.3 is 0 Å². The summed E-state index contributed by atoms with van der Waals surface area (Å²) >= 11 is 0.825. The molecule has 0 fully saturated rings. The maximum absolute atomic E-state index is 14.9. The molecule has 0 bridgehead atoms. The highest BCUT2D eigenvalue weighted by atomic mass is 32.2. The molecule has 0 atom stereocenters. The Labute approximate surface area is 210 Å². The number of carbonyl (C=O) groups excluding carboxylic acids is 2. The van der Waals surface area contributed by atoms with Gasteiger partial charge < -0.3 is 21.5 Å².